The van der Waals surface area contributed by atoms with Crippen LogP contribution in [0.4, 0.5) is 5.69 Å². The summed E-state index contributed by atoms with van der Waals surface area (Å²) in [6, 6.07) is 5.31. The number of ether oxygens (including phenoxy) is 1. The van der Waals surface area contributed by atoms with E-state index in [2.05, 4.69) is 22.8 Å². The number of nitrogens with one attached hydrogen (secondary N) is 1. The number of carbonyl (C=O) groups excluding carboxylic acids is 1. The van der Waals surface area contributed by atoms with Crippen LogP contribution in [0.15, 0.2) is 23.1 Å². The summed E-state index contributed by atoms with van der Waals surface area (Å²) in [7, 11) is 1.36. The number of nitrogen functional groups attached to an aromatic ring is 1. The number of hydrazine groups is 1. The number of benzene rings is 1. The molecule has 0 spiro atoms. The predicted octanol–water partition coefficient (Wildman–Crippen LogP) is 0.976. The fraction of sp³-hybridized carbons (Fsp3) is 0.222. The number of nitrogens with two attached hydrogens (primary N) is 1. The lowest BCUT2D eigenvalue weighted by Gasteiger charge is -2.06. The quantitative estimate of drug-likeness (QED) is 0.302. The Morgan fingerprint density at radius 2 is 2.36 bits per heavy atom. The maximum atomic E-state index is 11.0. The highest BCUT2D eigenvalue weighted by Gasteiger charge is 2.06. The second-order valence-electron chi connectivity index (χ2n) is 2.74. The average molecular weight is 212 g/mol. The van der Waals surface area contributed by atoms with Gasteiger partial charge in [0, 0.05) is 10.6 Å². The minimum Gasteiger partial charge on any atom is -0.469 e. The lowest BCUT2D eigenvalue weighted by atomic mass is 10.1. The molecular formula is C9H12N2O2S. The van der Waals surface area contributed by atoms with E-state index < -0.39 is 0 Å². The Kier molecular flexibility index (Phi) is 3.79. The van der Waals surface area contributed by atoms with Crippen LogP contribution in [0.1, 0.15) is 5.56 Å². The van der Waals surface area contributed by atoms with Crippen molar-refractivity contribution in [3.63, 3.8) is 0 Å². The van der Waals surface area contributed by atoms with E-state index in [0.717, 1.165) is 11.3 Å². The van der Waals surface area contributed by atoms with E-state index in [4.69, 9.17) is 5.84 Å². The van der Waals surface area contributed by atoms with Gasteiger partial charge in [-0.3, -0.25) is 10.6 Å². The largest absolute Gasteiger partial charge is 0.469 e. The number of hydrogen-bond donors (Lipinski definition) is 3. The van der Waals surface area contributed by atoms with Crippen LogP contribution in [0.25, 0.3) is 0 Å². The highest BCUT2D eigenvalue weighted by Crippen LogP contribution is 2.19. The predicted molar refractivity (Wildman–Crippen MR) is 57.2 cm³/mol. The molecule has 4 nitrogen and oxygen atoms in total. The molecule has 0 aliphatic rings. The number of esters is 1. The van der Waals surface area contributed by atoms with Gasteiger partial charge in [-0.15, -0.1) is 12.6 Å². The van der Waals surface area contributed by atoms with Gasteiger partial charge in [0.1, 0.15) is 0 Å². The lowest BCUT2D eigenvalue weighted by Crippen LogP contribution is -2.08. The van der Waals surface area contributed by atoms with Crippen LogP contribution in [0.3, 0.4) is 0 Å². The molecule has 0 bridgehead atoms. The minimum absolute atomic E-state index is 0.222. The first-order chi connectivity index (χ1) is 6.67. The van der Waals surface area contributed by atoms with Crippen LogP contribution in [0, 0.1) is 0 Å². The molecule has 1 rings (SSSR count). The van der Waals surface area contributed by atoms with Crippen molar-refractivity contribution in [2.24, 2.45) is 5.84 Å². The van der Waals surface area contributed by atoms with Crippen molar-refractivity contribution in [1.82, 2.24) is 0 Å². The highest BCUT2D eigenvalue weighted by molar-refractivity contribution is 7.80. The number of methoxy groups -OCH3 is 1. The summed E-state index contributed by atoms with van der Waals surface area (Å²) in [6.45, 7) is 0. The van der Waals surface area contributed by atoms with Gasteiger partial charge in [0.25, 0.3) is 0 Å². The van der Waals surface area contributed by atoms with Gasteiger partial charge >= 0.3 is 5.97 Å². The van der Waals surface area contributed by atoms with Crippen LogP contribution in [-0.2, 0) is 16.0 Å². The zero-order valence-electron chi connectivity index (χ0n) is 7.78. The van der Waals surface area contributed by atoms with Crippen molar-refractivity contribution >= 4 is 24.3 Å². The molecule has 5 heteroatoms. The molecule has 1 aromatic rings. The number of thiol groups is 1. The lowest BCUT2D eigenvalue weighted by molar-refractivity contribution is -0.139. The molecule has 0 atom stereocenters. The normalized spacial score (nSPS) is 9.64. The van der Waals surface area contributed by atoms with Gasteiger partial charge in [-0.1, -0.05) is 6.07 Å². The van der Waals surface area contributed by atoms with Crippen molar-refractivity contribution in [3.05, 3.63) is 23.8 Å². The third-order valence-corrected chi connectivity index (χ3v) is 2.23. The second kappa shape index (κ2) is 4.88. The fourth-order valence-electron chi connectivity index (χ4n) is 1.03. The van der Waals surface area contributed by atoms with Crippen LogP contribution in [0.5, 0.6) is 0 Å². The van der Waals surface area contributed by atoms with Crippen LogP contribution in [0.2, 0.25) is 0 Å². The van der Waals surface area contributed by atoms with Crippen molar-refractivity contribution in [2.45, 2.75) is 11.3 Å². The molecular weight excluding hydrogens is 200 g/mol. The van der Waals surface area contributed by atoms with Gasteiger partial charge in [-0.2, -0.15) is 0 Å². The van der Waals surface area contributed by atoms with E-state index in [1.165, 1.54) is 7.11 Å². The van der Waals surface area contributed by atoms with E-state index in [-0.39, 0.29) is 12.4 Å². The van der Waals surface area contributed by atoms with Gasteiger partial charge in [-0.05, 0) is 17.7 Å². The van der Waals surface area contributed by atoms with Gasteiger partial charge in [-0.25, -0.2) is 0 Å². The molecule has 0 amide bonds. The Hall–Kier alpha value is -1.20. The molecule has 14 heavy (non-hydrogen) atoms. The van der Waals surface area contributed by atoms with Crippen molar-refractivity contribution in [3.8, 4) is 0 Å². The van der Waals surface area contributed by atoms with E-state index in [1.807, 2.05) is 0 Å². The summed E-state index contributed by atoms with van der Waals surface area (Å²) in [6.07, 6.45) is 0.222. The van der Waals surface area contributed by atoms with Crippen molar-refractivity contribution in [2.75, 3.05) is 12.5 Å². The average Bonchev–Trinajstić information content (AvgIpc) is 2.20. The molecule has 0 saturated carbocycles. The molecule has 0 unspecified atom stereocenters. The molecule has 0 aliphatic carbocycles. The molecule has 0 heterocycles. The Morgan fingerprint density at radius 3 is 2.86 bits per heavy atom. The Labute approximate surface area is 87.8 Å². The van der Waals surface area contributed by atoms with E-state index in [0.29, 0.717) is 4.90 Å². The summed E-state index contributed by atoms with van der Waals surface area (Å²) in [5, 5.41) is 0. The third-order valence-electron chi connectivity index (χ3n) is 1.81. The number of rotatable bonds is 3. The van der Waals surface area contributed by atoms with Crippen LogP contribution >= 0.6 is 12.6 Å². The van der Waals surface area contributed by atoms with Crippen LogP contribution in [-0.4, -0.2) is 13.1 Å². The molecule has 3 N–H and O–H groups in total. The van der Waals surface area contributed by atoms with E-state index in [1.54, 1.807) is 18.2 Å². The first kappa shape index (κ1) is 10.9. The van der Waals surface area contributed by atoms with Gasteiger partial charge in [0.15, 0.2) is 0 Å². The van der Waals surface area contributed by atoms with Gasteiger partial charge in [0.05, 0.1) is 13.5 Å². The summed E-state index contributed by atoms with van der Waals surface area (Å²) in [5.41, 5.74) is 4.07. The summed E-state index contributed by atoms with van der Waals surface area (Å²) in [5.74, 6) is 4.94. The van der Waals surface area contributed by atoms with Crippen molar-refractivity contribution in [1.29, 1.82) is 0 Å². The standard InChI is InChI=1S/C9H12N2O2S/c1-13-9(12)4-6-2-3-7(11-10)5-8(6)14/h2-3,5,11,14H,4,10H2,1H3. The third kappa shape index (κ3) is 2.65. The van der Waals surface area contributed by atoms with Gasteiger partial charge in [0.2, 0.25) is 0 Å². The highest BCUT2D eigenvalue weighted by atomic mass is 32.1. The van der Waals surface area contributed by atoms with Crippen molar-refractivity contribution < 1.29 is 9.53 Å². The molecule has 76 valence electrons. The molecule has 0 aliphatic heterocycles. The molecule has 0 aromatic heterocycles. The van der Waals surface area contributed by atoms with Gasteiger partial charge < -0.3 is 10.2 Å². The molecule has 0 saturated heterocycles. The Balaban J connectivity index is 2.83. The molecule has 0 radical (unpaired) electrons. The van der Waals surface area contributed by atoms with E-state index in [9.17, 15) is 4.79 Å². The monoisotopic (exact) mass is 212 g/mol. The topological polar surface area (TPSA) is 64.3 Å². The Morgan fingerprint density at radius 1 is 1.64 bits per heavy atom. The number of anilines is 1. The fourth-order valence-corrected chi connectivity index (χ4v) is 1.32. The Bertz CT molecular complexity index is 342. The SMILES string of the molecule is COC(=O)Cc1ccc(NN)cc1S. The summed E-state index contributed by atoms with van der Waals surface area (Å²) >= 11 is 4.23. The zero-order valence-corrected chi connectivity index (χ0v) is 8.67. The minimum atomic E-state index is -0.284. The van der Waals surface area contributed by atoms with Crippen LogP contribution < -0.4 is 11.3 Å². The molecule has 0 fully saturated rings. The maximum absolute atomic E-state index is 11.0. The first-order valence-corrected chi connectivity index (χ1v) is 4.47. The number of carbonyl (C=O) groups is 1. The summed E-state index contributed by atoms with van der Waals surface area (Å²) < 4.78 is 4.55. The second-order valence-corrected chi connectivity index (χ2v) is 3.22. The molecule has 1 aromatic carbocycles. The summed E-state index contributed by atoms with van der Waals surface area (Å²) in [4.78, 5) is 11.7. The maximum Gasteiger partial charge on any atom is 0.310 e. The number of hydrogen-bond acceptors (Lipinski definition) is 5. The zero-order chi connectivity index (χ0) is 10.6. The first-order valence-electron chi connectivity index (χ1n) is 4.02. The smallest absolute Gasteiger partial charge is 0.310 e. The van der Waals surface area contributed by atoms with E-state index >= 15 is 0 Å².